The second-order valence-electron chi connectivity index (χ2n) is 1.64. The number of nitrogens with one attached hydrogen (secondary N) is 1. The van der Waals surface area contributed by atoms with Gasteiger partial charge in [0.15, 0.2) is 6.54 Å². The van der Waals surface area contributed by atoms with E-state index in [2.05, 4.69) is 5.73 Å². The number of hydrogen-bond acceptors (Lipinski definition) is 1. The molecule has 3 nitrogen and oxygen atoms in total. The second-order valence-corrected chi connectivity index (χ2v) is 1.64. The predicted molar refractivity (Wildman–Crippen MR) is 26.8 cm³/mol. The van der Waals surface area contributed by atoms with Gasteiger partial charge in [0, 0.05) is 0 Å². The number of amides is 1. The molecule has 0 aliphatic carbocycles. The molecule has 4 N–H and O–H groups in total. The molecule has 0 radical (unpaired) electrons. The maximum absolute atomic E-state index is 11.3. The SMILES string of the molecule is [Cl-].[NH3+]CC(=O)NCC(F)(F)F. The fourth-order valence-electron chi connectivity index (χ4n) is 0.287. The van der Waals surface area contributed by atoms with Crippen LogP contribution in [0.1, 0.15) is 0 Å². The van der Waals surface area contributed by atoms with E-state index in [4.69, 9.17) is 0 Å². The van der Waals surface area contributed by atoms with Gasteiger partial charge in [-0.05, 0) is 0 Å². The summed E-state index contributed by atoms with van der Waals surface area (Å²) >= 11 is 0. The molecule has 0 saturated carbocycles. The van der Waals surface area contributed by atoms with Crippen molar-refractivity contribution in [2.45, 2.75) is 6.18 Å². The molecule has 1 amide bonds. The van der Waals surface area contributed by atoms with Crippen LogP contribution in [0, 0.1) is 0 Å². The first-order valence-electron chi connectivity index (χ1n) is 2.58. The first-order valence-corrected chi connectivity index (χ1v) is 2.58. The fourth-order valence-corrected chi connectivity index (χ4v) is 0.287. The molecule has 11 heavy (non-hydrogen) atoms. The van der Waals surface area contributed by atoms with Crippen molar-refractivity contribution in [1.29, 1.82) is 0 Å². The van der Waals surface area contributed by atoms with E-state index in [-0.39, 0.29) is 19.0 Å². The topological polar surface area (TPSA) is 56.7 Å². The molecule has 0 spiro atoms. The van der Waals surface area contributed by atoms with Gasteiger partial charge in [0.1, 0.15) is 6.54 Å². The number of rotatable bonds is 2. The number of carbonyl (C=O) groups excluding carboxylic acids is 1. The van der Waals surface area contributed by atoms with Crippen LogP contribution in [0.4, 0.5) is 13.2 Å². The zero-order valence-corrected chi connectivity index (χ0v) is 6.30. The summed E-state index contributed by atoms with van der Waals surface area (Å²) in [5.74, 6) is -0.697. The van der Waals surface area contributed by atoms with Gasteiger partial charge in [0.05, 0.1) is 0 Å². The number of hydrogen-bond donors (Lipinski definition) is 2. The first-order chi connectivity index (χ1) is 4.45. The van der Waals surface area contributed by atoms with E-state index in [9.17, 15) is 18.0 Å². The van der Waals surface area contributed by atoms with Crippen LogP contribution < -0.4 is 23.5 Å². The second kappa shape index (κ2) is 5.20. The first kappa shape index (κ1) is 13.1. The summed E-state index contributed by atoms with van der Waals surface area (Å²) < 4.78 is 34.0. The molecule has 0 fully saturated rings. The van der Waals surface area contributed by atoms with Crippen molar-refractivity contribution in [2.24, 2.45) is 0 Å². The van der Waals surface area contributed by atoms with E-state index in [0.717, 1.165) is 0 Å². The van der Waals surface area contributed by atoms with Crippen molar-refractivity contribution in [3.8, 4) is 0 Å². The van der Waals surface area contributed by atoms with Crippen LogP contribution in [0.15, 0.2) is 0 Å². The van der Waals surface area contributed by atoms with Gasteiger partial charge < -0.3 is 23.5 Å². The highest BCUT2D eigenvalue weighted by Crippen LogP contribution is 2.11. The molecule has 0 aliphatic heterocycles. The number of carbonyl (C=O) groups is 1. The minimum Gasteiger partial charge on any atom is -1.00 e. The van der Waals surface area contributed by atoms with Gasteiger partial charge in [0.2, 0.25) is 0 Å². The van der Waals surface area contributed by atoms with Gasteiger partial charge in [-0.2, -0.15) is 13.2 Å². The summed E-state index contributed by atoms with van der Waals surface area (Å²) in [5, 5.41) is 1.65. The van der Waals surface area contributed by atoms with Crippen LogP contribution in [0.3, 0.4) is 0 Å². The van der Waals surface area contributed by atoms with E-state index in [1.54, 1.807) is 5.32 Å². The average Bonchev–Trinajstić information content (AvgIpc) is 1.81. The maximum atomic E-state index is 11.3. The lowest BCUT2D eigenvalue weighted by molar-refractivity contribution is -0.355. The normalized spacial score (nSPS) is 10.2. The van der Waals surface area contributed by atoms with Crippen LogP contribution in [0.25, 0.3) is 0 Å². The molecule has 68 valence electrons. The monoisotopic (exact) mass is 192 g/mol. The summed E-state index contributed by atoms with van der Waals surface area (Å²) in [5.41, 5.74) is 3.11. The standard InChI is InChI=1S/C4H7F3N2O.ClH/c5-4(6,7)2-9-3(10)1-8;/h1-2,8H2,(H,9,10);1H. The summed E-state index contributed by atoms with van der Waals surface area (Å²) in [4.78, 5) is 10.2. The van der Waals surface area contributed by atoms with Crippen molar-refractivity contribution < 1.29 is 36.1 Å². The molecule has 0 unspecified atom stereocenters. The number of halogens is 4. The summed E-state index contributed by atoms with van der Waals surface area (Å²) in [6.45, 7) is -1.45. The van der Waals surface area contributed by atoms with Crippen molar-refractivity contribution in [3.05, 3.63) is 0 Å². The van der Waals surface area contributed by atoms with Crippen molar-refractivity contribution in [3.63, 3.8) is 0 Å². The molecule has 7 heteroatoms. The quantitative estimate of drug-likeness (QED) is 0.459. The average molecular weight is 193 g/mol. The van der Waals surface area contributed by atoms with Crippen LogP contribution in [0.5, 0.6) is 0 Å². The molecule has 0 atom stereocenters. The Kier molecular flexibility index (Phi) is 6.20. The number of quaternary nitrogens is 1. The van der Waals surface area contributed by atoms with Gasteiger partial charge in [-0.25, -0.2) is 0 Å². The summed E-state index contributed by atoms with van der Waals surface area (Å²) in [6.07, 6.45) is -4.33. The van der Waals surface area contributed by atoms with E-state index >= 15 is 0 Å². The zero-order valence-electron chi connectivity index (χ0n) is 5.54. The molecule has 0 bridgehead atoms. The molecule has 0 aromatic carbocycles. The summed E-state index contributed by atoms with van der Waals surface area (Å²) in [6, 6.07) is 0. The third-order valence-electron chi connectivity index (χ3n) is 0.713. The lowest BCUT2D eigenvalue weighted by Gasteiger charge is -2.05. The highest BCUT2D eigenvalue weighted by atomic mass is 35.5. The summed E-state index contributed by atoms with van der Waals surface area (Å²) in [7, 11) is 0. The van der Waals surface area contributed by atoms with E-state index in [1.807, 2.05) is 0 Å². The van der Waals surface area contributed by atoms with Gasteiger partial charge in [0.25, 0.3) is 5.91 Å². The van der Waals surface area contributed by atoms with Crippen molar-refractivity contribution in [2.75, 3.05) is 13.1 Å². The Labute approximate surface area is 67.5 Å². The van der Waals surface area contributed by atoms with Crippen LogP contribution >= 0.6 is 0 Å². The highest BCUT2D eigenvalue weighted by molar-refractivity contribution is 5.76. The number of alkyl halides is 3. The lowest BCUT2D eigenvalue weighted by Crippen LogP contribution is -3.00. The van der Waals surface area contributed by atoms with E-state index < -0.39 is 18.6 Å². The predicted octanol–water partition coefficient (Wildman–Crippen LogP) is -4.09. The molecule has 0 saturated heterocycles. The Morgan fingerprint density at radius 2 is 1.91 bits per heavy atom. The Balaban J connectivity index is 0. The highest BCUT2D eigenvalue weighted by Gasteiger charge is 2.27. The molecule has 0 aromatic heterocycles. The molecule has 0 aromatic rings. The Hall–Kier alpha value is -0.490. The zero-order chi connectivity index (χ0) is 8.20. The fraction of sp³-hybridized carbons (Fsp3) is 0.750. The molecule has 0 heterocycles. The minimum absolute atomic E-state index is 0. The third-order valence-corrected chi connectivity index (χ3v) is 0.713. The Morgan fingerprint density at radius 1 is 1.45 bits per heavy atom. The van der Waals surface area contributed by atoms with Crippen molar-refractivity contribution >= 4 is 5.91 Å². The molecular formula is C4H8ClF3N2O. The Bertz CT molecular complexity index is 127. The molecule has 0 aliphatic rings. The van der Waals surface area contributed by atoms with E-state index in [1.165, 1.54) is 0 Å². The van der Waals surface area contributed by atoms with Crippen molar-refractivity contribution in [1.82, 2.24) is 5.32 Å². The van der Waals surface area contributed by atoms with Gasteiger partial charge in [-0.1, -0.05) is 0 Å². The smallest absolute Gasteiger partial charge is 0.405 e. The van der Waals surface area contributed by atoms with Crippen LogP contribution in [-0.4, -0.2) is 25.2 Å². The van der Waals surface area contributed by atoms with E-state index in [0.29, 0.717) is 0 Å². The van der Waals surface area contributed by atoms with Gasteiger partial charge in [-0.15, -0.1) is 0 Å². The minimum atomic E-state index is -4.33. The van der Waals surface area contributed by atoms with Crippen LogP contribution in [0.2, 0.25) is 0 Å². The van der Waals surface area contributed by atoms with Gasteiger partial charge >= 0.3 is 6.18 Å². The lowest BCUT2D eigenvalue weighted by atomic mass is 10.5. The molecule has 0 rings (SSSR count). The third kappa shape index (κ3) is 9.51. The molecular weight excluding hydrogens is 185 g/mol. The van der Waals surface area contributed by atoms with Gasteiger partial charge in [-0.3, -0.25) is 4.79 Å². The van der Waals surface area contributed by atoms with Crippen LogP contribution in [-0.2, 0) is 4.79 Å². The Morgan fingerprint density at radius 3 is 2.18 bits per heavy atom. The largest absolute Gasteiger partial charge is 1.00 e. The maximum Gasteiger partial charge on any atom is 0.405 e.